The van der Waals surface area contributed by atoms with Gasteiger partial charge in [-0.2, -0.15) is 18.2 Å². The molecule has 1 atom stereocenters. The third-order valence-electron chi connectivity index (χ3n) is 5.14. The van der Waals surface area contributed by atoms with Gasteiger partial charge in [-0.05, 0) is 54.7 Å². The maximum absolute atomic E-state index is 14.1. The SMILES string of the molecule is CCCCc1cc(C(N2NC(=O)CC2(C)C)C(F)(F)F)cc2ccccc12. The molecule has 6 heteroatoms. The first-order chi connectivity index (χ1) is 12.6. The summed E-state index contributed by atoms with van der Waals surface area (Å²) in [7, 11) is 0. The van der Waals surface area contributed by atoms with E-state index in [1.54, 1.807) is 26.0 Å². The molecule has 1 saturated heterocycles. The minimum atomic E-state index is -4.51. The number of nitrogens with zero attached hydrogens (tertiary/aromatic N) is 1. The smallest absolute Gasteiger partial charge is 0.287 e. The molecule has 0 bridgehead atoms. The van der Waals surface area contributed by atoms with Crippen molar-refractivity contribution >= 4 is 16.7 Å². The van der Waals surface area contributed by atoms with Crippen molar-refractivity contribution in [1.82, 2.24) is 10.4 Å². The summed E-state index contributed by atoms with van der Waals surface area (Å²) >= 11 is 0. The van der Waals surface area contributed by atoms with Crippen LogP contribution in [-0.4, -0.2) is 22.6 Å². The fourth-order valence-corrected chi connectivity index (χ4v) is 3.85. The Kier molecular flexibility index (Phi) is 5.21. The highest BCUT2D eigenvalue weighted by Crippen LogP contribution is 2.43. The number of nitrogens with one attached hydrogen (secondary N) is 1. The number of fused-ring (bicyclic) bond motifs is 1. The molecule has 1 unspecified atom stereocenters. The predicted octanol–water partition coefficient (Wildman–Crippen LogP) is 5.30. The number of alkyl halides is 3. The van der Waals surface area contributed by atoms with Crippen LogP contribution < -0.4 is 5.43 Å². The minimum absolute atomic E-state index is 0.0376. The van der Waals surface area contributed by atoms with E-state index in [0.717, 1.165) is 40.6 Å². The molecule has 0 aromatic heterocycles. The molecule has 3 nitrogen and oxygen atoms in total. The van der Waals surface area contributed by atoms with Crippen LogP contribution in [0.25, 0.3) is 10.8 Å². The van der Waals surface area contributed by atoms with Gasteiger partial charge in [-0.25, -0.2) is 0 Å². The Morgan fingerprint density at radius 1 is 1.22 bits per heavy atom. The molecule has 3 rings (SSSR count). The van der Waals surface area contributed by atoms with Crippen LogP contribution in [0.5, 0.6) is 0 Å². The van der Waals surface area contributed by atoms with Gasteiger partial charge >= 0.3 is 6.18 Å². The van der Waals surface area contributed by atoms with Gasteiger partial charge in [-0.3, -0.25) is 10.2 Å². The van der Waals surface area contributed by atoms with E-state index in [2.05, 4.69) is 12.3 Å². The number of amides is 1. The van der Waals surface area contributed by atoms with Crippen LogP contribution in [0, 0.1) is 0 Å². The van der Waals surface area contributed by atoms with Crippen LogP contribution >= 0.6 is 0 Å². The summed E-state index contributed by atoms with van der Waals surface area (Å²) in [5.74, 6) is -0.388. The highest BCUT2D eigenvalue weighted by molar-refractivity contribution is 5.86. The van der Waals surface area contributed by atoms with E-state index < -0.39 is 17.8 Å². The number of hydrazine groups is 1. The maximum atomic E-state index is 14.1. The molecule has 1 aliphatic rings. The summed E-state index contributed by atoms with van der Waals surface area (Å²) < 4.78 is 42.4. The molecule has 0 saturated carbocycles. The Hall–Kier alpha value is -2.08. The molecule has 2 aromatic rings. The van der Waals surface area contributed by atoms with Crippen LogP contribution in [-0.2, 0) is 11.2 Å². The number of carbonyl (C=O) groups excluding carboxylic acids is 1. The quantitative estimate of drug-likeness (QED) is 0.766. The van der Waals surface area contributed by atoms with Gasteiger partial charge in [0.1, 0.15) is 0 Å². The molecule has 2 aromatic carbocycles. The Labute approximate surface area is 157 Å². The minimum Gasteiger partial charge on any atom is -0.287 e. The van der Waals surface area contributed by atoms with Crippen LogP contribution in [0.2, 0.25) is 0 Å². The van der Waals surface area contributed by atoms with E-state index in [9.17, 15) is 18.0 Å². The molecule has 1 N–H and O–H groups in total. The second-order valence-corrected chi connectivity index (χ2v) is 7.84. The third-order valence-corrected chi connectivity index (χ3v) is 5.14. The lowest BCUT2D eigenvalue weighted by Gasteiger charge is -2.38. The number of aryl methyl sites for hydroxylation is 1. The van der Waals surface area contributed by atoms with E-state index >= 15 is 0 Å². The van der Waals surface area contributed by atoms with Crippen molar-refractivity contribution in [3.63, 3.8) is 0 Å². The Balaban J connectivity index is 2.15. The van der Waals surface area contributed by atoms with E-state index in [-0.39, 0.29) is 17.9 Å². The van der Waals surface area contributed by atoms with Gasteiger partial charge < -0.3 is 0 Å². The van der Waals surface area contributed by atoms with Crippen molar-refractivity contribution in [2.45, 2.75) is 64.2 Å². The first kappa shape index (κ1) is 19.7. The average Bonchev–Trinajstić information content (AvgIpc) is 2.83. The van der Waals surface area contributed by atoms with E-state index in [4.69, 9.17) is 0 Å². The molecule has 1 amide bonds. The van der Waals surface area contributed by atoms with E-state index in [1.165, 1.54) is 0 Å². The number of unbranched alkanes of at least 4 members (excludes halogenated alkanes) is 1. The Morgan fingerprint density at radius 2 is 1.93 bits per heavy atom. The van der Waals surface area contributed by atoms with Crippen molar-refractivity contribution in [1.29, 1.82) is 0 Å². The molecule has 0 spiro atoms. The van der Waals surface area contributed by atoms with Crippen LogP contribution in [0.15, 0.2) is 36.4 Å². The first-order valence-electron chi connectivity index (χ1n) is 9.30. The summed E-state index contributed by atoms with van der Waals surface area (Å²) in [6.07, 6.45) is -1.87. The van der Waals surface area contributed by atoms with Gasteiger partial charge in [0.05, 0.1) is 0 Å². The fourth-order valence-electron chi connectivity index (χ4n) is 3.85. The lowest BCUT2D eigenvalue weighted by molar-refractivity contribution is -0.203. The van der Waals surface area contributed by atoms with E-state index in [0.29, 0.717) is 0 Å². The van der Waals surface area contributed by atoms with Crippen molar-refractivity contribution in [2.24, 2.45) is 0 Å². The zero-order chi connectivity index (χ0) is 19.8. The lowest BCUT2D eigenvalue weighted by atomic mass is 9.92. The summed E-state index contributed by atoms with van der Waals surface area (Å²) in [5, 5.41) is 2.85. The summed E-state index contributed by atoms with van der Waals surface area (Å²) in [6.45, 7) is 5.37. The van der Waals surface area contributed by atoms with Crippen molar-refractivity contribution < 1.29 is 18.0 Å². The number of hydrogen-bond acceptors (Lipinski definition) is 2. The normalized spacial score (nSPS) is 18.7. The molecular weight excluding hydrogens is 353 g/mol. The number of halogens is 3. The van der Waals surface area contributed by atoms with Gasteiger partial charge in [0.2, 0.25) is 5.91 Å². The summed E-state index contributed by atoms with van der Waals surface area (Å²) in [6, 6.07) is 8.91. The highest BCUT2D eigenvalue weighted by Gasteiger charge is 2.53. The predicted molar refractivity (Wildman–Crippen MR) is 100 cm³/mol. The Morgan fingerprint density at radius 3 is 2.52 bits per heavy atom. The van der Waals surface area contributed by atoms with Crippen molar-refractivity contribution in [3.8, 4) is 0 Å². The molecule has 0 aliphatic carbocycles. The topological polar surface area (TPSA) is 32.3 Å². The molecule has 0 radical (unpaired) electrons. The van der Waals surface area contributed by atoms with E-state index in [1.807, 2.05) is 24.3 Å². The summed E-state index contributed by atoms with van der Waals surface area (Å²) in [4.78, 5) is 11.8. The van der Waals surface area contributed by atoms with Crippen molar-refractivity contribution in [3.05, 3.63) is 47.5 Å². The van der Waals surface area contributed by atoms with Gasteiger partial charge in [-0.15, -0.1) is 0 Å². The highest BCUT2D eigenvalue weighted by atomic mass is 19.4. The molecular formula is C21H25F3N2O. The zero-order valence-corrected chi connectivity index (χ0v) is 15.9. The average molecular weight is 378 g/mol. The van der Waals surface area contributed by atoms with Crippen molar-refractivity contribution in [2.75, 3.05) is 0 Å². The van der Waals surface area contributed by atoms with Crippen LogP contribution in [0.3, 0.4) is 0 Å². The van der Waals surface area contributed by atoms with Gasteiger partial charge in [-0.1, -0.05) is 43.7 Å². The molecule has 1 fully saturated rings. The Bertz CT molecular complexity index is 845. The van der Waals surface area contributed by atoms with Crippen LogP contribution in [0.1, 0.15) is 57.2 Å². The fraction of sp³-hybridized carbons (Fsp3) is 0.476. The van der Waals surface area contributed by atoms with Gasteiger partial charge in [0.25, 0.3) is 0 Å². The number of rotatable bonds is 5. The van der Waals surface area contributed by atoms with Crippen LogP contribution in [0.4, 0.5) is 13.2 Å². The second kappa shape index (κ2) is 7.15. The molecule has 1 heterocycles. The first-order valence-corrected chi connectivity index (χ1v) is 9.30. The second-order valence-electron chi connectivity index (χ2n) is 7.84. The monoisotopic (exact) mass is 378 g/mol. The third kappa shape index (κ3) is 3.95. The van der Waals surface area contributed by atoms with Gasteiger partial charge in [0, 0.05) is 12.0 Å². The zero-order valence-electron chi connectivity index (χ0n) is 15.9. The largest absolute Gasteiger partial charge is 0.409 e. The molecule has 27 heavy (non-hydrogen) atoms. The number of hydrogen-bond donors (Lipinski definition) is 1. The van der Waals surface area contributed by atoms with Gasteiger partial charge in [0.15, 0.2) is 6.04 Å². The molecule has 1 aliphatic heterocycles. The summed E-state index contributed by atoms with van der Waals surface area (Å²) in [5.41, 5.74) is 2.60. The number of carbonyl (C=O) groups is 1. The standard InChI is InChI=1S/C21H25F3N2O/c1-4-5-8-14-11-16(12-15-9-6-7-10-17(14)15)19(21(22,23)24)26-20(2,3)13-18(27)25-26/h6-7,9-12,19H,4-5,8,13H2,1-3H3,(H,25,27). The lowest BCUT2D eigenvalue weighted by Crippen LogP contribution is -2.51. The number of benzene rings is 2. The maximum Gasteiger partial charge on any atom is 0.409 e. The molecule has 146 valence electrons.